The van der Waals surface area contributed by atoms with E-state index in [0.29, 0.717) is 17.1 Å². The topological polar surface area (TPSA) is 55.0 Å². The second-order valence-corrected chi connectivity index (χ2v) is 4.56. The van der Waals surface area contributed by atoms with Crippen molar-refractivity contribution in [2.45, 2.75) is 12.3 Å². The number of nitrogens with one attached hydrogen (secondary N) is 1. The van der Waals surface area contributed by atoms with Crippen LogP contribution in [0.2, 0.25) is 0 Å². The van der Waals surface area contributed by atoms with Crippen LogP contribution >= 0.6 is 12.2 Å². The summed E-state index contributed by atoms with van der Waals surface area (Å²) in [6.07, 6.45) is 2.27. The highest BCUT2D eigenvalue weighted by atomic mass is 32.1. The van der Waals surface area contributed by atoms with E-state index in [-0.39, 0.29) is 5.92 Å². The van der Waals surface area contributed by atoms with Crippen LogP contribution in [0.4, 0.5) is 0 Å². The number of furan rings is 1. The molecule has 0 aliphatic carbocycles. The Kier molecular flexibility index (Phi) is 3.29. The summed E-state index contributed by atoms with van der Waals surface area (Å²) in [5, 5.41) is 6.69. The number of aromatic amines is 1. The quantitative estimate of drug-likeness (QED) is 0.736. The molecule has 0 bridgehead atoms. The summed E-state index contributed by atoms with van der Waals surface area (Å²) < 4.78 is 10.9. The summed E-state index contributed by atoms with van der Waals surface area (Å²) in [5.41, 5.74) is 1.15. The molecule has 2 heterocycles. The average molecular weight is 272 g/mol. The molecule has 0 fully saturated rings. The van der Waals surface area contributed by atoms with Gasteiger partial charge in [0.1, 0.15) is 5.76 Å². The first-order chi connectivity index (χ1) is 9.33. The number of aromatic nitrogens is 2. The van der Waals surface area contributed by atoms with Crippen LogP contribution in [0.5, 0.6) is 0 Å². The SMILES string of the molecule is S=c1[nH]nc(C[C@H](c2ccccc2)c2ccco2)o1. The van der Waals surface area contributed by atoms with Crippen LogP contribution in [-0.2, 0) is 6.42 Å². The zero-order valence-electron chi connectivity index (χ0n) is 10.1. The van der Waals surface area contributed by atoms with E-state index in [0.717, 1.165) is 11.3 Å². The van der Waals surface area contributed by atoms with Gasteiger partial charge in [-0.15, -0.1) is 5.10 Å². The van der Waals surface area contributed by atoms with Gasteiger partial charge in [-0.3, -0.25) is 0 Å². The molecule has 0 amide bonds. The van der Waals surface area contributed by atoms with Gasteiger partial charge in [0.25, 0.3) is 4.84 Å². The van der Waals surface area contributed by atoms with Crippen molar-refractivity contribution in [3.05, 3.63) is 70.8 Å². The minimum absolute atomic E-state index is 0.0673. The fourth-order valence-corrected chi connectivity index (χ4v) is 2.22. The van der Waals surface area contributed by atoms with Gasteiger partial charge in [0, 0.05) is 6.42 Å². The third-order valence-corrected chi connectivity index (χ3v) is 3.12. The third kappa shape index (κ3) is 2.66. The molecule has 0 saturated carbocycles. The Hall–Kier alpha value is -2.14. The largest absolute Gasteiger partial charge is 0.469 e. The fourth-order valence-electron chi connectivity index (χ4n) is 2.08. The molecule has 0 spiro atoms. The molecule has 0 aliphatic heterocycles. The van der Waals surface area contributed by atoms with Crippen LogP contribution in [0.3, 0.4) is 0 Å². The van der Waals surface area contributed by atoms with E-state index in [1.54, 1.807) is 6.26 Å². The number of nitrogens with zero attached hydrogens (tertiary/aromatic N) is 1. The van der Waals surface area contributed by atoms with Crippen molar-refractivity contribution in [1.82, 2.24) is 10.2 Å². The van der Waals surface area contributed by atoms with Gasteiger partial charge in [0.2, 0.25) is 5.89 Å². The predicted molar refractivity (Wildman–Crippen MR) is 72.4 cm³/mol. The molecular weight excluding hydrogens is 260 g/mol. The maximum atomic E-state index is 5.52. The molecule has 0 aliphatic rings. The van der Waals surface area contributed by atoms with Gasteiger partial charge >= 0.3 is 0 Å². The van der Waals surface area contributed by atoms with E-state index < -0.39 is 0 Å². The lowest BCUT2D eigenvalue weighted by atomic mass is 9.93. The molecule has 1 N–H and O–H groups in total. The second-order valence-electron chi connectivity index (χ2n) is 4.19. The molecule has 1 aromatic carbocycles. The first-order valence-corrected chi connectivity index (χ1v) is 6.36. The molecule has 19 heavy (non-hydrogen) atoms. The molecule has 0 saturated heterocycles. The molecule has 5 heteroatoms. The Morgan fingerprint density at radius 1 is 1.16 bits per heavy atom. The minimum atomic E-state index is 0.0673. The molecule has 1 atom stereocenters. The minimum Gasteiger partial charge on any atom is -0.469 e. The zero-order chi connectivity index (χ0) is 13.1. The number of hydrogen-bond acceptors (Lipinski definition) is 4. The summed E-state index contributed by atoms with van der Waals surface area (Å²) in [5.74, 6) is 1.53. The number of benzene rings is 1. The van der Waals surface area contributed by atoms with E-state index in [9.17, 15) is 0 Å². The Morgan fingerprint density at radius 3 is 2.63 bits per heavy atom. The van der Waals surface area contributed by atoms with Crippen molar-refractivity contribution in [1.29, 1.82) is 0 Å². The monoisotopic (exact) mass is 272 g/mol. The summed E-state index contributed by atoms with van der Waals surface area (Å²) in [6.45, 7) is 0. The van der Waals surface area contributed by atoms with Crippen LogP contribution in [0.1, 0.15) is 23.1 Å². The molecule has 3 rings (SSSR count). The van der Waals surface area contributed by atoms with Crippen molar-refractivity contribution in [2.24, 2.45) is 0 Å². The normalized spacial score (nSPS) is 12.4. The lowest BCUT2D eigenvalue weighted by Gasteiger charge is -2.12. The van der Waals surface area contributed by atoms with E-state index in [1.165, 1.54) is 0 Å². The molecular formula is C14H12N2O2S. The highest BCUT2D eigenvalue weighted by molar-refractivity contribution is 7.71. The second kappa shape index (κ2) is 5.24. The molecule has 96 valence electrons. The smallest absolute Gasteiger partial charge is 0.284 e. The Labute approximate surface area is 115 Å². The van der Waals surface area contributed by atoms with E-state index in [4.69, 9.17) is 21.1 Å². The summed E-state index contributed by atoms with van der Waals surface area (Å²) in [6, 6.07) is 14.0. The summed E-state index contributed by atoms with van der Waals surface area (Å²) >= 11 is 4.89. The maximum absolute atomic E-state index is 5.52. The lowest BCUT2D eigenvalue weighted by molar-refractivity contribution is 0.437. The van der Waals surface area contributed by atoms with E-state index in [2.05, 4.69) is 22.3 Å². The summed E-state index contributed by atoms with van der Waals surface area (Å²) in [7, 11) is 0. The molecule has 0 radical (unpaired) electrons. The fraction of sp³-hybridized carbons (Fsp3) is 0.143. The van der Waals surface area contributed by atoms with E-state index in [1.807, 2.05) is 30.3 Å². The average Bonchev–Trinajstić information content (AvgIpc) is 3.08. The molecule has 4 nitrogen and oxygen atoms in total. The van der Waals surface area contributed by atoms with Crippen LogP contribution < -0.4 is 0 Å². The van der Waals surface area contributed by atoms with Crippen molar-refractivity contribution < 1.29 is 8.83 Å². The Morgan fingerprint density at radius 2 is 2.00 bits per heavy atom. The summed E-state index contributed by atoms with van der Waals surface area (Å²) in [4.78, 5) is 0.293. The zero-order valence-corrected chi connectivity index (χ0v) is 10.9. The van der Waals surface area contributed by atoms with Crippen molar-refractivity contribution >= 4 is 12.2 Å². The van der Waals surface area contributed by atoms with Gasteiger partial charge in [-0.2, -0.15) is 0 Å². The van der Waals surface area contributed by atoms with Crippen molar-refractivity contribution in [2.75, 3.05) is 0 Å². The third-order valence-electron chi connectivity index (χ3n) is 2.95. The van der Waals surface area contributed by atoms with Gasteiger partial charge in [-0.1, -0.05) is 30.3 Å². The maximum Gasteiger partial charge on any atom is 0.284 e. The lowest BCUT2D eigenvalue weighted by Crippen LogP contribution is -2.04. The number of H-pyrrole nitrogens is 1. The Bertz CT molecular complexity index is 686. The first kappa shape index (κ1) is 11.9. The molecule has 2 aromatic heterocycles. The number of rotatable bonds is 4. The van der Waals surface area contributed by atoms with Gasteiger partial charge in [-0.05, 0) is 29.9 Å². The van der Waals surface area contributed by atoms with E-state index >= 15 is 0 Å². The van der Waals surface area contributed by atoms with Crippen LogP contribution in [0.15, 0.2) is 57.6 Å². The number of hydrogen-bond donors (Lipinski definition) is 1. The highest BCUT2D eigenvalue weighted by Crippen LogP contribution is 2.28. The Balaban J connectivity index is 1.95. The highest BCUT2D eigenvalue weighted by Gasteiger charge is 2.19. The van der Waals surface area contributed by atoms with Crippen LogP contribution in [-0.4, -0.2) is 10.2 Å². The van der Waals surface area contributed by atoms with Crippen molar-refractivity contribution in [3.8, 4) is 0 Å². The molecule has 0 unspecified atom stereocenters. The van der Waals surface area contributed by atoms with Crippen molar-refractivity contribution in [3.63, 3.8) is 0 Å². The van der Waals surface area contributed by atoms with Gasteiger partial charge < -0.3 is 8.83 Å². The van der Waals surface area contributed by atoms with Gasteiger partial charge in [0.15, 0.2) is 0 Å². The standard InChI is InChI=1S/C14H12N2O2S/c19-14-16-15-13(18-14)9-11(12-7-4-8-17-12)10-5-2-1-3-6-10/h1-8,11H,9H2,(H,16,19)/t11-/m1/s1. The molecule has 3 aromatic rings. The van der Waals surface area contributed by atoms with Crippen LogP contribution in [0, 0.1) is 4.84 Å². The van der Waals surface area contributed by atoms with Gasteiger partial charge in [0.05, 0.1) is 12.2 Å². The predicted octanol–water partition coefficient (Wildman–Crippen LogP) is 3.70. The first-order valence-electron chi connectivity index (χ1n) is 5.95. The van der Waals surface area contributed by atoms with Crippen LogP contribution in [0.25, 0.3) is 0 Å². The van der Waals surface area contributed by atoms with Gasteiger partial charge in [-0.25, -0.2) is 5.10 Å².